The van der Waals surface area contributed by atoms with E-state index in [4.69, 9.17) is 4.74 Å². The highest BCUT2D eigenvalue weighted by Gasteiger charge is 2.27. The summed E-state index contributed by atoms with van der Waals surface area (Å²) in [5, 5.41) is 3.02. The average molecular weight is 362 g/mol. The number of nitrogens with one attached hydrogen (secondary N) is 2. The van der Waals surface area contributed by atoms with Crippen LogP contribution >= 0.6 is 0 Å². The molecule has 0 unspecified atom stereocenters. The molecule has 0 aromatic heterocycles. The van der Waals surface area contributed by atoms with Crippen LogP contribution in [-0.4, -0.2) is 50.6 Å². The quantitative estimate of drug-likeness (QED) is 0.687. The lowest BCUT2D eigenvalue weighted by molar-refractivity contribution is -0.896. The lowest BCUT2D eigenvalue weighted by Gasteiger charge is -2.29. The Morgan fingerprint density at radius 3 is 2.77 bits per heavy atom. The molecule has 0 radical (unpaired) electrons. The van der Waals surface area contributed by atoms with Gasteiger partial charge < -0.3 is 15.0 Å². The highest BCUT2D eigenvalue weighted by molar-refractivity contribution is 6.02. The lowest BCUT2D eigenvalue weighted by Crippen LogP contribution is -3.11. The van der Waals surface area contributed by atoms with Crippen LogP contribution in [0.2, 0.25) is 0 Å². The number of carbonyl (C=O) groups excluding carboxylic acids is 2. The van der Waals surface area contributed by atoms with Gasteiger partial charge in [-0.05, 0) is 58.2 Å². The van der Waals surface area contributed by atoms with Gasteiger partial charge in [-0.1, -0.05) is 6.07 Å². The SMILES string of the molecule is CC[NH+](CC)CCC[C@@H](C)NC(=O)CN1C(=O)COc2cc(C)ccc21. The summed E-state index contributed by atoms with van der Waals surface area (Å²) in [6.07, 6.45) is 2.03. The molecule has 26 heavy (non-hydrogen) atoms. The van der Waals surface area contributed by atoms with Crippen molar-refractivity contribution >= 4 is 17.5 Å². The van der Waals surface area contributed by atoms with Crippen LogP contribution in [0.25, 0.3) is 0 Å². The second-order valence-corrected chi connectivity index (χ2v) is 7.06. The van der Waals surface area contributed by atoms with E-state index in [9.17, 15) is 9.59 Å². The van der Waals surface area contributed by atoms with Crippen molar-refractivity contribution in [2.75, 3.05) is 37.7 Å². The first-order valence-electron chi connectivity index (χ1n) is 9.61. The summed E-state index contributed by atoms with van der Waals surface area (Å²) in [4.78, 5) is 27.7. The molecule has 1 atom stereocenters. The van der Waals surface area contributed by atoms with Gasteiger partial charge in [0.2, 0.25) is 5.91 Å². The van der Waals surface area contributed by atoms with Crippen LogP contribution < -0.4 is 19.9 Å². The number of aryl methyl sites for hydroxylation is 1. The van der Waals surface area contributed by atoms with Crippen LogP contribution in [0, 0.1) is 6.92 Å². The molecule has 2 rings (SSSR count). The number of rotatable bonds is 9. The number of anilines is 1. The second-order valence-electron chi connectivity index (χ2n) is 7.06. The second kappa shape index (κ2) is 9.57. The zero-order valence-electron chi connectivity index (χ0n) is 16.4. The van der Waals surface area contributed by atoms with E-state index >= 15 is 0 Å². The van der Waals surface area contributed by atoms with Gasteiger partial charge in [0, 0.05) is 6.04 Å². The maximum Gasteiger partial charge on any atom is 0.265 e. The average Bonchev–Trinajstić information content (AvgIpc) is 2.61. The Labute approximate surface area is 156 Å². The predicted molar refractivity (Wildman–Crippen MR) is 103 cm³/mol. The molecule has 1 aliphatic heterocycles. The molecular weight excluding hydrogens is 330 g/mol. The van der Waals surface area contributed by atoms with Crippen LogP contribution in [0.1, 0.15) is 39.2 Å². The molecule has 6 heteroatoms. The van der Waals surface area contributed by atoms with Crippen molar-refractivity contribution in [1.29, 1.82) is 0 Å². The van der Waals surface area contributed by atoms with Crippen molar-refractivity contribution in [2.24, 2.45) is 0 Å². The first kappa shape index (κ1) is 20.2. The summed E-state index contributed by atoms with van der Waals surface area (Å²) in [6.45, 7) is 11.8. The summed E-state index contributed by atoms with van der Waals surface area (Å²) in [6, 6.07) is 5.76. The molecular formula is C20H32N3O3+. The molecule has 0 saturated heterocycles. The maximum atomic E-state index is 12.4. The third kappa shape index (κ3) is 5.46. The summed E-state index contributed by atoms with van der Waals surface area (Å²) >= 11 is 0. The molecule has 6 nitrogen and oxygen atoms in total. The summed E-state index contributed by atoms with van der Waals surface area (Å²) in [7, 11) is 0. The maximum absolute atomic E-state index is 12.4. The fraction of sp³-hybridized carbons (Fsp3) is 0.600. The molecule has 2 amide bonds. The number of hydrogen-bond donors (Lipinski definition) is 2. The summed E-state index contributed by atoms with van der Waals surface area (Å²) < 4.78 is 5.48. The van der Waals surface area contributed by atoms with E-state index in [2.05, 4.69) is 19.2 Å². The van der Waals surface area contributed by atoms with E-state index in [1.165, 1.54) is 4.90 Å². The van der Waals surface area contributed by atoms with Gasteiger partial charge in [0.05, 0.1) is 25.3 Å². The van der Waals surface area contributed by atoms with Crippen LogP contribution in [0.3, 0.4) is 0 Å². The molecule has 1 aliphatic rings. The minimum atomic E-state index is -0.186. The Morgan fingerprint density at radius 2 is 2.08 bits per heavy atom. The van der Waals surface area contributed by atoms with Crippen LogP contribution in [0.4, 0.5) is 5.69 Å². The number of quaternary nitrogens is 1. The van der Waals surface area contributed by atoms with E-state index in [1.54, 1.807) is 4.90 Å². The fourth-order valence-corrected chi connectivity index (χ4v) is 3.28. The van der Waals surface area contributed by atoms with Crippen molar-refractivity contribution in [2.45, 2.75) is 46.6 Å². The van der Waals surface area contributed by atoms with Crippen molar-refractivity contribution in [3.05, 3.63) is 23.8 Å². The number of nitrogens with zero attached hydrogens (tertiary/aromatic N) is 1. The van der Waals surface area contributed by atoms with Crippen LogP contribution in [-0.2, 0) is 9.59 Å². The molecule has 0 aliphatic carbocycles. The molecule has 144 valence electrons. The van der Waals surface area contributed by atoms with Gasteiger partial charge in [-0.2, -0.15) is 0 Å². The molecule has 1 aromatic rings. The molecule has 1 heterocycles. The fourth-order valence-electron chi connectivity index (χ4n) is 3.28. The van der Waals surface area contributed by atoms with Crippen molar-refractivity contribution in [3.63, 3.8) is 0 Å². The number of ether oxygens (including phenoxy) is 1. The van der Waals surface area contributed by atoms with Crippen molar-refractivity contribution in [3.8, 4) is 5.75 Å². The third-order valence-corrected chi connectivity index (χ3v) is 4.93. The van der Waals surface area contributed by atoms with Gasteiger partial charge in [-0.15, -0.1) is 0 Å². The van der Waals surface area contributed by atoms with E-state index in [-0.39, 0.29) is 31.0 Å². The van der Waals surface area contributed by atoms with Gasteiger partial charge in [0.15, 0.2) is 6.61 Å². The topological polar surface area (TPSA) is 63.1 Å². The van der Waals surface area contributed by atoms with Gasteiger partial charge in [0.25, 0.3) is 5.91 Å². The standard InChI is InChI=1S/C20H31N3O3/c1-5-22(6-2)11-7-8-16(4)21-19(24)13-23-17-10-9-15(3)12-18(17)26-14-20(23)25/h9-10,12,16H,5-8,11,13-14H2,1-4H3,(H,21,24)/p+1/t16-/m1/s1. The molecule has 0 saturated carbocycles. The number of carbonyl (C=O) groups is 2. The Morgan fingerprint density at radius 1 is 1.35 bits per heavy atom. The number of hydrogen-bond acceptors (Lipinski definition) is 3. The smallest absolute Gasteiger partial charge is 0.265 e. The summed E-state index contributed by atoms with van der Waals surface area (Å²) in [5.41, 5.74) is 1.73. The van der Waals surface area contributed by atoms with Gasteiger partial charge in [-0.25, -0.2) is 0 Å². The Balaban J connectivity index is 1.86. The van der Waals surface area contributed by atoms with Gasteiger partial charge in [0.1, 0.15) is 12.3 Å². The minimum Gasteiger partial charge on any atom is -0.482 e. The first-order chi connectivity index (χ1) is 12.4. The monoisotopic (exact) mass is 362 g/mol. The largest absolute Gasteiger partial charge is 0.482 e. The molecule has 0 bridgehead atoms. The highest BCUT2D eigenvalue weighted by Crippen LogP contribution is 2.32. The Bertz CT molecular complexity index is 629. The minimum absolute atomic E-state index is 0.0219. The zero-order valence-corrected chi connectivity index (χ0v) is 16.4. The van der Waals surface area contributed by atoms with Gasteiger partial charge >= 0.3 is 0 Å². The third-order valence-electron chi connectivity index (χ3n) is 4.93. The van der Waals surface area contributed by atoms with E-state index in [1.807, 2.05) is 32.0 Å². The number of fused-ring (bicyclic) bond motifs is 1. The first-order valence-corrected chi connectivity index (χ1v) is 9.61. The van der Waals surface area contributed by atoms with E-state index in [0.29, 0.717) is 11.4 Å². The van der Waals surface area contributed by atoms with Crippen molar-refractivity contribution < 1.29 is 19.2 Å². The zero-order chi connectivity index (χ0) is 19.1. The predicted octanol–water partition coefficient (Wildman–Crippen LogP) is 0.930. The molecule has 0 fully saturated rings. The Kier molecular flexibility index (Phi) is 7.45. The van der Waals surface area contributed by atoms with E-state index < -0.39 is 0 Å². The van der Waals surface area contributed by atoms with Crippen molar-refractivity contribution in [1.82, 2.24) is 5.32 Å². The normalized spacial score (nSPS) is 14.8. The lowest BCUT2D eigenvalue weighted by atomic mass is 10.1. The van der Waals surface area contributed by atoms with Gasteiger partial charge in [-0.3, -0.25) is 14.5 Å². The number of amides is 2. The number of benzene rings is 1. The molecule has 0 spiro atoms. The highest BCUT2D eigenvalue weighted by atomic mass is 16.5. The molecule has 1 aromatic carbocycles. The van der Waals surface area contributed by atoms with E-state index in [0.717, 1.165) is 38.0 Å². The Hall–Kier alpha value is -2.08. The molecule has 2 N–H and O–H groups in total. The van der Waals surface area contributed by atoms with Crippen LogP contribution in [0.15, 0.2) is 18.2 Å². The van der Waals surface area contributed by atoms with Crippen LogP contribution in [0.5, 0.6) is 5.75 Å². The summed E-state index contributed by atoms with van der Waals surface area (Å²) in [5.74, 6) is 0.344.